The van der Waals surface area contributed by atoms with Gasteiger partial charge in [0.1, 0.15) is 11.5 Å². The van der Waals surface area contributed by atoms with Crippen molar-refractivity contribution in [1.82, 2.24) is 10.9 Å². The second-order valence-electron chi connectivity index (χ2n) is 9.03. The molecule has 4 aromatic rings. The molecule has 0 bridgehead atoms. The molecule has 4 aromatic carbocycles. The Morgan fingerprint density at radius 1 is 0.535 bits per heavy atom. The molecule has 0 aliphatic heterocycles. The van der Waals surface area contributed by atoms with Crippen molar-refractivity contribution >= 4 is 36.2 Å². The number of hydrazone groups is 2. The van der Waals surface area contributed by atoms with Crippen LogP contribution in [0.5, 0.6) is 11.5 Å². The van der Waals surface area contributed by atoms with E-state index in [-0.39, 0.29) is 31.1 Å². The van der Waals surface area contributed by atoms with E-state index in [1.165, 1.54) is 12.4 Å². The summed E-state index contributed by atoms with van der Waals surface area (Å²) in [7, 11) is 0. The Labute approximate surface area is 248 Å². The van der Waals surface area contributed by atoms with Gasteiger partial charge in [0.2, 0.25) is 11.8 Å². The van der Waals surface area contributed by atoms with Crippen molar-refractivity contribution in [2.75, 3.05) is 0 Å². The second-order valence-corrected chi connectivity index (χ2v) is 9.03. The topological polar surface area (TPSA) is 136 Å². The molecule has 0 atom stereocenters. The summed E-state index contributed by atoms with van der Waals surface area (Å²) in [5.74, 6) is -1.21. The number of rotatable bonds is 12. The monoisotopic (exact) mass is 576 g/mol. The van der Waals surface area contributed by atoms with E-state index >= 15 is 0 Å². The van der Waals surface area contributed by atoms with Crippen molar-refractivity contribution < 1.29 is 28.7 Å². The number of benzene rings is 4. The molecule has 0 spiro atoms. The zero-order chi connectivity index (χ0) is 30.3. The van der Waals surface area contributed by atoms with Crippen LogP contribution in [-0.4, -0.2) is 36.2 Å². The molecule has 0 saturated heterocycles. The normalized spacial score (nSPS) is 10.8. The maximum Gasteiger partial charge on any atom is 0.343 e. The second kappa shape index (κ2) is 15.8. The van der Waals surface area contributed by atoms with E-state index in [4.69, 9.17) is 9.47 Å². The van der Waals surface area contributed by atoms with Crippen LogP contribution in [0.2, 0.25) is 0 Å². The van der Waals surface area contributed by atoms with Gasteiger partial charge in [0.05, 0.1) is 23.6 Å². The number of amides is 2. The molecule has 2 amide bonds. The third-order valence-corrected chi connectivity index (χ3v) is 5.86. The van der Waals surface area contributed by atoms with Crippen molar-refractivity contribution in [1.29, 1.82) is 0 Å². The van der Waals surface area contributed by atoms with Gasteiger partial charge in [0.25, 0.3) is 0 Å². The molecule has 0 heterocycles. The highest BCUT2D eigenvalue weighted by Gasteiger charge is 2.12. The van der Waals surface area contributed by atoms with Crippen LogP contribution in [0.25, 0.3) is 0 Å². The molecule has 0 fully saturated rings. The van der Waals surface area contributed by atoms with Crippen LogP contribution in [0.1, 0.15) is 51.1 Å². The minimum Gasteiger partial charge on any atom is -0.422 e. The van der Waals surface area contributed by atoms with Crippen molar-refractivity contribution in [3.8, 4) is 11.5 Å². The maximum atomic E-state index is 12.4. The average Bonchev–Trinajstić information content (AvgIpc) is 3.03. The molecular weight excluding hydrogens is 548 g/mol. The van der Waals surface area contributed by atoms with Crippen molar-refractivity contribution in [3.05, 3.63) is 131 Å². The van der Waals surface area contributed by atoms with E-state index in [0.717, 1.165) is 0 Å². The van der Waals surface area contributed by atoms with Gasteiger partial charge in [-0.05, 0) is 55.0 Å². The van der Waals surface area contributed by atoms with Crippen LogP contribution in [0.4, 0.5) is 0 Å². The standard InChI is InChI=1S/C33H28N4O6/c38-30(36-34-22-26-16-7-9-18-28(26)42-32(40)24-12-3-1-4-13-24)20-11-21-31(39)37-35-23-27-17-8-10-19-29(27)43-33(41)25-14-5-2-6-15-25/h1-10,12-19,22-23H,11,20-21H2,(H,36,38)(H,37,39)/b34-22-,35-23-. The Bertz CT molecular complexity index is 1500. The lowest BCUT2D eigenvalue weighted by atomic mass is 10.2. The number of nitrogens with zero attached hydrogens (tertiary/aromatic N) is 2. The van der Waals surface area contributed by atoms with E-state index in [1.54, 1.807) is 109 Å². The minimum atomic E-state index is -0.510. The first-order valence-corrected chi connectivity index (χ1v) is 13.4. The summed E-state index contributed by atoms with van der Waals surface area (Å²) >= 11 is 0. The molecule has 0 unspecified atom stereocenters. The Morgan fingerprint density at radius 3 is 1.33 bits per heavy atom. The minimum absolute atomic E-state index is 0.0530. The van der Waals surface area contributed by atoms with Gasteiger partial charge in [0, 0.05) is 24.0 Å². The summed E-state index contributed by atoms with van der Waals surface area (Å²) in [5.41, 5.74) is 6.62. The van der Waals surface area contributed by atoms with E-state index in [2.05, 4.69) is 21.1 Å². The Morgan fingerprint density at radius 2 is 0.907 bits per heavy atom. The summed E-state index contributed by atoms with van der Waals surface area (Å²) in [6, 6.07) is 30.7. The number of carbonyl (C=O) groups excluding carboxylic acids is 4. The largest absolute Gasteiger partial charge is 0.422 e. The lowest BCUT2D eigenvalue weighted by Gasteiger charge is -2.07. The number of nitrogens with one attached hydrogen (secondary N) is 2. The number of para-hydroxylation sites is 2. The highest BCUT2D eigenvalue weighted by atomic mass is 16.5. The molecule has 2 N–H and O–H groups in total. The number of carbonyl (C=O) groups is 4. The predicted molar refractivity (Wildman–Crippen MR) is 161 cm³/mol. The molecule has 0 aliphatic carbocycles. The van der Waals surface area contributed by atoms with E-state index in [9.17, 15) is 19.2 Å². The molecule has 216 valence electrons. The first kappa shape index (κ1) is 30.1. The molecule has 43 heavy (non-hydrogen) atoms. The van der Waals surface area contributed by atoms with Crippen LogP contribution in [0.3, 0.4) is 0 Å². The van der Waals surface area contributed by atoms with Gasteiger partial charge in [-0.2, -0.15) is 10.2 Å². The quantitative estimate of drug-likeness (QED) is 0.107. The summed E-state index contributed by atoms with van der Waals surface area (Å²) in [6.45, 7) is 0. The third kappa shape index (κ3) is 9.61. The molecule has 10 nitrogen and oxygen atoms in total. The van der Waals surface area contributed by atoms with Crippen molar-refractivity contribution in [2.45, 2.75) is 19.3 Å². The third-order valence-electron chi connectivity index (χ3n) is 5.86. The van der Waals surface area contributed by atoms with Gasteiger partial charge in [-0.25, -0.2) is 20.4 Å². The van der Waals surface area contributed by atoms with Crippen LogP contribution in [0.15, 0.2) is 119 Å². The molecule has 0 radical (unpaired) electrons. The molecule has 0 saturated carbocycles. The van der Waals surface area contributed by atoms with Crippen molar-refractivity contribution in [2.24, 2.45) is 10.2 Å². The van der Waals surface area contributed by atoms with Gasteiger partial charge in [-0.15, -0.1) is 0 Å². The summed E-state index contributed by atoms with van der Waals surface area (Å²) in [6.07, 6.45) is 3.12. The maximum absolute atomic E-state index is 12.4. The Balaban J connectivity index is 1.19. The lowest BCUT2D eigenvalue weighted by Crippen LogP contribution is -2.20. The summed E-state index contributed by atoms with van der Waals surface area (Å²) in [4.78, 5) is 49.1. The number of esters is 2. The zero-order valence-corrected chi connectivity index (χ0v) is 23.0. The number of hydrogen-bond acceptors (Lipinski definition) is 8. The molecule has 0 aliphatic rings. The van der Waals surface area contributed by atoms with Gasteiger partial charge < -0.3 is 9.47 Å². The van der Waals surface area contributed by atoms with Gasteiger partial charge in [0.15, 0.2) is 0 Å². The van der Waals surface area contributed by atoms with Crippen LogP contribution >= 0.6 is 0 Å². The van der Waals surface area contributed by atoms with E-state index in [1.807, 2.05) is 0 Å². The summed E-state index contributed by atoms with van der Waals surface area (Å²) < 4.78 is 10.9. The number of ether oxygens (including phenoxy) is 2. The molecular formula is C33H28N4O6. The highest BCUT2D eigenvalue weighted by molar-refractivity contribution is 5.94. The Kier molecular flexibility index (Phi) is 11.0. The fraction of sp³-hybridized carbons (Fsp3) is 0.0909. The Hall–Kier alpha value is -5.90. The van der Waals surface area contributed by atoms with Crippen molar-refractivity contribution in [3.63, 3.8) is 0 Å². The number of hydrogen-bond donors (Lipinski definition) is 2. The van der Waals surface area contributed by atoms with Gasteiger partial charge >= 0.3 is 11.9 Å². The van der Waals surface area contributed by atoms with Crippen LogP contribution in [-0.2, 0) is 9.59 Å². The molecule has 10 heteroatoms. The van der Waals surface area contributed by atoms with Crippen LogP contribution in [0, 0.1) is 0 Å². The van der Waals surface area contributed by atoms with Crippen LogP contribution < -0.4 is 20.3 Å². The van der Waals surface area contributed by atoms with Gasteiger partial charge in [-0.3, -0.25) is 9.59 Å². The summed E-state index contributed by atoms with van der Waals surface area (Å²) in [5, 5.41) is 7.87. The molecule has 4 rings (SSSR count). The lowest BCUT2D eigenvalue weighted by molar-refractivity contribution is -0.122. The molecule has 0 aromatic heterocycles. The fourth-order valence-electron chi connectivity index (χ4n) is 3.70. The fourth-order valence-corrected chi connectivity index (χ4v) is 3.70. The first-order chi connectivity index (χ1) is 21.0. The van der Waals surface area contributed by atoms with E-state index < -0.39 is 11.9 Å². The van der Waals surface area contributed by atoms with E-state index in [0.29, 0.717) is 33.8 Å². The highest BCUT2D eigenvalue weighted by Crippen LogP contribution is 2.19. The zero-order valence-electron chi connectivity index (χ0n) is 23.0. The first-order valence-electron chi connectivity index (χ1n) is 13.4. The average molecular weight is 577 g/mol. The van der Waals surface area contributed by atoms with Gasteiger partial charge in [-0.1, -0.05) is 60.7 Å². The predicted octanol–water partition coefficient (Wildman–Crippen LogP) is 4.90. The smallest absolute Gasteiger partial charge is 0.343 e. The SMILES string of the molecule is O=C(CCCC(=O)N/N=C\c1ccccc1OC(=O)c1ccccc1)N/N=C\c1ccccc1OC(=O)c1ccccc1.